The molecule has 2 aliphatic heterocycles. The fourth-order valence-electron chi connectivity index (χ4n) is 6.03. The van der Waals surface area contributed by atoms with E-state index in [4.69, 9.17) is 4.99 Å². The number of alkyl halides is 3. The molecule has 0 radical (unpaired) electrons. The minimum atomic E-state index is -4.90. The van der Waals surface area contributed by atoms with Crippen molar-refractivity contribution in [2.75, 3.05) is 19.6 Å². The van der Waals surface area contributed by atoms with Crippen molar-refractivity contribution in [3.05, 3.63) is 59.9 Å². The summed E-state index contributed by atoms with van der Waals surface area (Å²) >= 11 is 0. The smallest absolute Gasteiger partial charge is 0.417 e. The number of benzene rings is 1. The average molecular weight is 556 g/mol. The molecule has 2 aliphatic rings. The Kier molecular flexibility index (Phi) is 7.76. The molecule has 40 heavy (non-hydrogen) atoms. The summed E-state index contributed by atoms with van der Waals surface area (Å²) in [4.78, 5) is 18.3. The van der Waals surface area contributed by atoms with Crippen LogP contribution in [0.5, 0.6) is 5.75 Å². The van der Waals surface area contributed by atoms with Gasteiger partial charge in [-0.15, -0.1) is 0 Å². The predicted octanol–water partition coefficient (Wildman–Crippen LogP) is 5.89. The predicted molar refractivity (Wildman–Crippen MR) is 148 cm³/mol. The summed E-state index contributed by atoms with van der Waals surface area (Å²) < 4.78 is 43.5. The molecule has 4 heterocycles. The van der Waals surface area contributed by atoms with Crippen LogP contribution in [0.15, 0.2) is 48.0 Å². The molecule has 0 spiro atoms. The normalized spacial score (nSPS) is 18.2. The minimum Gasteiger partial charge on any atom is -0.508 e. The van der Waals surface area contributed by atoms with Gasteiger partial charge in [0.1, 0.15) is 12.1 Å². The molecule has 1 aromatic carbocycles. The molecular formula is C30H36F3N5O2. The van der Waals surface area contributed by atoms with Crippen LogP contribution in [0.3, 0.4) is 0 Å². The molecule has 1 unspecified atom stereocenters. The average Bonchev–Trinajstić information content (AvgIpc) is 3.30. The van der Waals surface area contributed by atoms with Crippen molar-refractivity contribution in [3.63, 3.8) is 0 Å². The Morgan fingerprint density at radius 2 is 1.70 bits per heavy atom. The Labute approximate surface area is 232 Å². The third kappa shape index (κ3) is 6.07. The van der Waals surface area contributed by atoms with Crippen LogP contribution < -0.4 is 0 Å². The van der Waals surface area contributed by atoms with Crippen LogP contribution in [0.25, 0.3) is 11.1 Å². The first-order valence-corrected chi connectivity index (χ1v) is 13.8. The first-order valence-electron chi connectivity index (χ1n) is 13.8. The van der Waals surface area contributed by atoms with E-state index in [9.17, 15) is 23.4 Å². The van der Waals surface area contributed by atoms with Gasteiger partial charge < -0.3 is 15.2 Å². The summed E-state index contributed by atoms with van der Waals surface area (Å²) in [6.07, 6.45) is 3.44. The van der Waals surface area contributed by atoms with E-state index in [1.54, 1.807) is 44.4 Å². The quantitative estimate of drug-likeness (QED) is 0.322. The summed E-state index contributed by atoms with van der Waals surface area (Å²) in [5, 5.41) is 21.9. The van der Waals surface area contributed by atoms with Crippen LogP contribution in [0.2, 0.25) is 0 Å². The lowest BCUT2D eigenvalue weighted by Crippen LogP contribution is -2.50. The molecule has 3 aromatic rings. The number of aryl methyl sites for hydroxylation is 1. The third-order valence-corrected chi connectivity index (χ3v) is 8.09. The van der Waals surface area contributed by atoms with Gasteiger partial charge in [-0.2, -0.15) is 13.2 Å². The Bertz CT molecular complexity index is 1360. The van der Waals surface area contributed by atoms with Crippen molar-refractivity contribution in [1.82, 2.24) is 19.9 Å². The summed E-state index contributed by atoms with van der Waals surface area (Å²) in [6.45, 7) is 6.09. The summed E-state index contributed by atoms with van der Waals surface area (Å²) in [5.74, 6) is -0.138. The van der Waals surface area contributed by atoms with Gasteiger partial charge in [0.05, 0.1) is 5.69 Å². The fourth-order valence-corrected chi connectivity index (χ4v) is 6.03. The Balaban J connectivity index is 1.38. The van der Waals surface area contributed by atoms with Gasteiger partial charge in [0.25, 0.3) is 0 Å². The van der Waals surface area contributed by atoms with Crippen molar-refractivity contribution < 1.29 is 23.4 Å². The zero-order valence-corrected chi connectivity index (χ0v) is 22.9. The molecule has 10 heteroatoms. The minimum absolute atomic E-state index is 0.138. The van der Waals surface area contributed by atoms with E-state index < -0.39 is 30.0 Å². The zero-order valence-electron chi connectivity index (χ0n) is 22.9. The van der Waals surface area contributed by atoms with E-state index in [0.29, 0.717) is 34.5 Å². The lowest BCUT2D eigenvalue weighted by molar-refractivity contribution is -0.266. The van der Waals surface area contributed by atoms with Crippen molar-refractivity contribution >= 4 is 11.4 Å². The van der Waals surface area contributed by atoms with E-state index in [0.717, 1.165) is 37.5 Å². The highest BCUT2D eigenvalue weighted by molar-refractivity contribution is 5.90. The van der Waals surface area contributed by atoms with E-state index in [2.05, 4.69) is 19.9 Å². The maximum absolute atomic E-state index is 14.5. The standard InChI is InChI=1S/C30H36F3N5O2/c1-28(2,24-12-20(6-9-27(24)39)21-15-34-19-35-16-21)18-29(40,30(31,32)33)14-23-13-26-25(37-23)8-7-22(36-26)17-38-10-4-3-5-11-38/h6,9,12-13,15-16,19,37,39-40H,3-5,7-8,10-11,14,17-18H2,1-2H3. The maximum Gasteiger partial charge on any atom is 0.417 e. The highest BCUT2D eigenvalue weighted by atomic mass is 19.4. The number of H-pyrrole nitrogens is 1. The van der Waals surface area contributed by atoms with Gasteiger partial charge in [0.2, 0.25) is 0 Å². The van der Waals surface area contributed by atoms with Crippen LogP contribution in [-0.2, 0) is 18.3 Å². The number of fused-ring (bicyclic) bond motifs is 1. The van der Waals surface area contributed by atoms with E-state index in [1.165, 1.54) is 31.7 Å². The molecule has 1 atom stereocenters. The number of aromatic hydroxyl groups is 1. The molecular weight excluding hydrogens is 519 g/mol. The van der Waals surface area contributed by atoms with Gasteiger partial charge in [0, 0.05) is 53.6 Å². The van der Waals surface area contributed by atoms with Gasteiger partial charge in [-0.1, -0.05) is 26.3 Å². The number of aromatic amines is 1. The largest absolute Gasteiger partial charge is 0.508 e. The summed E-state index contributed by atoms with van der Waals surface area (Å²) in [7, 11) is 0. The first-order chi connectivity index (χ1) is 18.9. The number of phenolic OH excluding ortho intramolecular Hbond substituents is 1. The molecule has 1 saturated heterocycles. The Hall–Kier alpha value is -3.24. The number of halogens is 3. The van der Waals surface area contributed by atoms with Crippen LogP contribution in [-0.4, -0.2) is 67.2 Å². The number of likely N-dealkylation sites (tertiary alicyclic amines) is 1. The number of aliphatic imine (C=N–C) groups is 1. The number of nitrogens with zero attached hydrogens (tertiary/aromatic N) is 4. The second-order valence-electron chi connectivity index (χ2n) is 11.8. The number of aromatic nitrogens is 3. The Morgan fingerprint density at radius 3 is 2.40 bits per heavy atom. The Morgan fingerprint density at radius 1 is 0.975 bits per heavy atom. The number of hydrogen-bond acceptors (Lipinski definition) is 6. The highest BCUT2D eigenvalue weighted by Gasteiger charge is 2.56. The number of aliphatic hydroxyl groups is 1. The van der Waals surface area contributed by atoms with Crippen molar-refractivity contribution in [2.45, 2.75) is 76.0 Å². The highest BCUT2D eigenvalue weighted by Crippen LogP contribution is 2.46. The second-order valence-corrected chi connectivity index (χ2v) is 11.8. The number of piperidine rings is 1. The SMILES string of the molecule is CC(C)(CC(O)(Cc1cc2c([nH]1)CCC(CN1CCCCC1)=N2)C(F)(F)F)c1cc(-c2cncnc2)ccc1O. The van der Waals surface area contributed by atoms with Crippen LogP contribution in [0.4, 0.5) is 18.9 Å². The van der Waals surface area contributed by atoms with Crippen molar-refractivity contribution in [1.29, 1.82) is 0 Å². The molecule has 3 N–H and O–H groups in total. The zero-order chi connectivity index (χ0) is 28.5. The summed E-state index contributed by atoms with van der Waals surface area (Å²) in [5.41, 5.74) is 0.164. The number of phenols is 1. The van der Waals surface area contributed by atoms with Gasteiger partial charge >= 0.3 is 6.18 Å². The first kappa shape index (κ1) is 28.3. The molecule has 0 amide bonds. The van der Waals surface area contributed by atoms with Gasteiger partial charge in [-0.05, 0) is 74.4 Å². The lowest BCUT2D eigenvalue weighted by atomic mass is 9.72. The van der Waals surface area contributed by atoms with Crippen molar-refractivity contribution in [3.8, 4) is 16.9 Å². The molecule has 7 nitrogen and oxygen atoms in total. The second kappa shape index (κ2) is 11.0. The molecule has 0 bridgehead atoms. The van der Waals surface area contributed by atoms with Crippen LogP contribution in [0.1, 0.15) is 62.9 Å². The fraction of sp³-hybridized carbons (Fsp3) is 0.500. The van der Waals surface area contributed by atoms with Gasteiger partial charge in [-0.25, -0.2) is 9.97 Å². The van der Waals surface area contributed by atoms with Crippen LogP contribution >= 0.6 is 0 Å². The van der Waals surface area contributed by atoms with Gasteiger partial charge in [-0.3, -0.25) is 9.89 Å². The number of rotatable bonds is 8. The topological polar surface area (TPSA) is 97.6 Å². The molecule has 5 rings (SSSR count). The van der Waals surface area contributed by atoms with E-state index in [-0.39, 0.29) is 5.75 Å². The molecule has 214 valence electrons. The van der Waals surface area contributed by atoms with E-state index >= 15 is 0 Å². The molecule has 2 aromatic heterocycles. The van der Waals surface area contributed by atoms with E-state index in [1.807, 2.05) is 0 Å². The number of hydrogen-bond donors (Lipinski definition) is 3. The summed E-state index contributed by atoms with van der Waals surface area (Å²) in [6, 6.07) is 6.39. The van der Waals surface area contributed by atoms with Crippen LogP contribution in [0, 0.1) is 0 Å². The maximum atomic E-state index is 14.5. The number of nitrogens with one attached hydrogen (secondary N) is 1. The molecule has 0 saturated carbocycles. The third-order valence-electron chi connectivity index (χ3n) is 8.09. The van der Waals surface area contributed by atoms with Crippen molar-refractivity contribution in [2.24, 2.45) is 4.99 Å². The van der Waals surface area contributed by atoms with Gasteiger partial charge in [0.15, 0.2) is 5.60 Å². The lowest BCUT2D eigenvalue weighted by Gasteiger charge is -2.38. The monoisotopic (exact) mass is 555 g/mol. The molecule has 1 fully saturated rings. The molecule has 0 aliphatic carbocycles.